The second kappa shape index (κ2) is 7.61. The number of carbonyl (C=O) groups is 1. The quantitative estimate of drug-likeness (QED) is 0.808. The molecule has 150 valence electrons. The fourth-order valence-electron chi connectivity index (χ4n) is 4.27. The van der Waals surface area contributed by atoms with E-state index in [1.807, 2.05) is 6.07 Å². The number of aryl methyl sites for hydroxylation is 1. The molecule has 0 aliphatic carbocycles. The van der Waals surface area contributed by atoms with Gasteiger partial charge in [-0.25, -0.2) is 4.39 Å². The number of amides is 1. The molecule has 0 spiro atoms. The first-order valence-corrected chi connectivity index (χ1v) is 10.1. The van der Waals surface area contributed by atoms with Crippen LogP contribution in [0.1, 0.15) is 28.7 Å². The standard InChI is InChI=1S/C23H23FN2O3/c24-17-4-6-20-19(13-17)21(23(27)25-20)22-18-5-3-15(12-16(18)14-29-22)2-1-7-26-8-10-28-11-9-26/h3-6,12-13H,1-2,7-11,14H2,(H,25,27). The molecule has 3 aliphatic heterocycles. The van der Waals surface area contributed by atoms with Gasteiger partial charge < -0.3 is 14.8 Å². The summed E-state index contributed by atoms with van der Waals surface area (Å²) in [6, 6.07) is 10.6. The molecule has 0 atom stereocenters. The molecule has 3 heterocycles. The highest BCUT2D eigenvalue weighted by molar-refractivity contribution is 6.36. The maximum absolute atomic E-state index is 13.7. The van der Waals surface area contributed by atoms with Crippen molar-refractivity contribution in [3.05, 3.63) is 64.5 Å². The van der Waals surface area contributed by atoms with Crippen molar-refractivity contribution in [2.24, 2.45) is 0 Å². The number of carbonyl (C=O) groups excluding carboxylic acids is 1. The molecule has 2 aromatic rings. The van der Waals surface area contributed by atoms with Gasteiger partial charge in [0.15, 0.2) is 0 Å². The van der Waals surface area contributed by atoms with Crippen LogP contribution in [-0.2, 0) is 27.3 Å². The monoisotopic (exact) mass is 394 g/mol. The first-order valence-electron chi connectivity index (χ1n) is 10.1. The van der Waals surface area contributed by atoms with E-state index in [1.165, 1.54) is 17.7 Å². The van der Waals surface area contributed by atoms with Crippen molar-refractivity contribution in [3.63, 3.8) is 0 Å². The van der Waals surface area contributed by atoms with Gasteiger partial charge in [-0.2, -0.15) is 0 Å². The Bertz CT molecular complexity index is 996. The Morgan fingerprint density at radius 2 is 1.93 bits per heavy atom. The SMILES string of the molecule is O=C1Nc2ccc(F)cc2C1=C1OCc2cc(CCCN3CCOCC3)ccc21. The van der Waals surface area contributed by atoms with E-state index in [1.54, 1.807) is 6.07 Å². The number of ether oxygens (including phenoxy) is 2. The highest BCUT2D eigenvalue weighted by Crippen LogP contribution is 2.41. The van der Waals surface area contributed by atoms with Crippen molar-refractivity contribution in [1.82, 2.24) is 4.90 Å². The van der Waals surface area contributed by atoms with Gasteiger partial charge in [-0.15, -0.1) is 0 Å². The minimum absolute atomic E-state index is 0.247. The van der Waals surface area contributed by atoms with Crippen molar-refractivity contribution in [2.45, 2.75) is 19.4 Å². The predicted molar refractivity (Wildman–Crippen MR) is 109 cm³/mol. The summed E-state index contributed by atoms with van der Waals surface area (Å²) in [5.74, 6) is -0.0723. The first-order chi connectivity index (χ1) is 14.2. The summed E-state index contributed by atoms with van der Waals surface area (Å²) < 4.78 is 25.0. The van der Waals surface area contributed by atoms with Crippen LogP contribution in [0.3, 0.4) is 0 Å². The van der Waals surface area contributed by atoms with E-state index in [2.05, 4.69) is 22.3 Å². The molecule has 1 amide bonds. The summed E-state index contributed by atoms with van der Waals surface area (Å²) in [7, 11) is 0. The van der Waals surface area contributed by atoms with E-state index >= 15 is 0 Å². The molecule has 0 aromatic heterocycles. The fourth-order valence-corrected chi connectivity index (χ4v) is 4.27. The Hall–Kier alpha value is -2.70. The van der Waals surface area contributed by atoms with Gasteiger partial charge in [-0.05, 0) is 43.1 Å². The molecule has 1 N–H and O–H groups in total. The van der Waals surface area contributed by atoms with Gasteiger partial charge in [0.05, 0.1) is 18.8 Å². The summed E-state index contributed by atoms with van der Waals surface area (Å²) in [5.41, 5.74) is 4.87. The molecule has 2 aromatic carbocycles. The van der Waals surface area contributed by atoms with Gasteiger partial charge in [0.1, 0.15) is 18.2 Å². The summed E-state index contributed by atoms with van der Waals surface area (Å²) in [6.45, 7) is 5.19. The number of nitrogens with zero attached hydrogens (tertiary/aromatic N) is 1. The number of hydrogen-bond acceptors (Lipinski definition) is 4. The third kappa shape index (κ3) is 3.54. The van der Waals surface area contributed by atoms with Gasteiger partial charge >= 0.3 is 0 Å². The highest BCUT2D eigenvalue weighted by Gasteiger charge is 2.32. The van der Waals surface area contributed by atoms with E-state index in [0.717, 1.165) is 56.8 Å². The molecule has 3 aliphatic rings. The molecule has 0 unspecified atom stereocenters. The average molecular weight is 394 g/mol. The molecule has 0 radical (unpaired) electrons. The van der Waals surface area contributed by atoms with E-state index < -0.39 is 0 Å². The van der Waals surface area contributed by atoms with Crippen LogP contribution in [0.2, 0.25) is 0 Å². The number of nitrogens with one attached hydrogen (secondary N) is 1. The van der Waals surface area contributed by atoms with Crippen molar-refractivity contribution in [3.8, 4) is 0 Å². The number of halogens is 1. The summed E-state index contributed by atoms with van der Waals surface area (Å²) >= 11 is 0. The lowest BCUT2D eigenvalue weighted by Crippen LogP contribution is -2.36. The van der Waals surface area contributed by atoms with Crippen LogP contribution in [-0.4, -0.2) is 43.7 Å². The topological polar surface area (TPSA) is 50.8 Å². The maximum atomic E-state index is 13.7. The van der Waals surface area contributed by atoms with Gasteiger partial charge in [-0.1, -0.05) is 18.2 Å². The maximum Gasteiger partial charge on any atom is 0.260 e. The lowest BCUT2D eigenvalue weighted by Gasteiger charge is -2.26. The second-order valence-electron chi connectivity index (χ2n) is 7.69. The van der Waals surface area contributed by atoms with Crippen molar-refractivity contribution < 1.29 is 18.7 Å². The summed E-state index contributed by atoms with van der Waals surface area (Å²) in [4.78, 5) is 15.0. The molecular weight excluding hydrogens is 371 g/mol. The van der Waals surface area contributed by atoms with Crippen LogP contribution in [0.25, 0.3) is 11.3 Å². The van der Waals surface area contributed by atoms with Crippen LogP contribution < -0.4 is 5.32 Å². The van der Waals surface area contributed by atoms with Gasteiger partial charge in [0.2, 0.25) is 0 Å². The molecule has 0 saturated carbocycles. The first kappa shape index (κ1) is 18.3. The largest absolute Gasteiger partial charge is 0.487 e. The summed E-state index contributed by atoms with van der Waals surface area (Å²) in [5, 5.41) is 2.80. The Morgan fingerprint density at radius 3 is 2.79 bits per heavy atom. The zero-order chi connectivity index (χ0) is 19.8. The zero-order valence-corrected chi connectivity index (χ0v) is 16.2. The Balaban J connectivity index is 1.35. The Kier molecular flexibility index (Phi) is 4.81. The van der Waals surface area contributed by atoms with Crippen molar-refractivity contribution in [2.75, 3.05) is 38.2 Å². The van der Waals surface area contributed by atoms with Crippen LogP contribution in [0.15, 0.2) is 36.4 Å². The third-order valence-electron chi connectivity index (χ3n) is 5.78. The lowest BCUT2D eigenvalue weighted by molar-refractivity contribution is -0.110. The molecule has 6 heteroatoms. The predicted octanol–water partition coefficient (Wildman–Crippen LogP) is 3.44. The van der Waals surface area contributed by atoms with E-state index in [9.17, 15) is 9.18 Å². The lowest BCUT2D eigenvalue weighted by atomic mass is 9.98. The van der Waals surface area contributed by atoms with E-state index in [0.29, 0.717) is 29.2 Å². The number of benzene rings is 2. The molecule has 1 fully saturated rings. The fraction of sp³-hybridized carbons (Fsp3) is 0.348. The molecule has 0 bridgehead atoms. The van der Waals surface area contributed by atoms with Crippen LogP contribution >= 0.6 is 0 Å². The van der Waals surface area contributed by atoms with Crippen LogP contribution in [0.4, 0.5) is 10.1 Å². The number of anilines is 1. The number of morpholine rings is 1. The van der Waals surface area contributed by atoms with E-state index in [-0.39, 0.29) is 11.7 Å². The number of hydrogen-bond donors (Lipinski definition) is 1. The second-order valence-corrected chi connectivity index (χ2v) is 7.69. The molecule has 5 rings (SSSR count). The van der Waals surface area contributed by atoms with E-state index in [4.69, 9.17) is 9.47 Å². The van der Waals surface area contributed by atoms with Crippen molar-refractivity contribution >= 4 is 22.9 Å². The normalized spacial score (nSPS) is 20.9. The third-order valence-corrected chi connectivity index (χ3v) is 5.78. The zero-order valence-electron chi connectivity index (χ0n) is 16.2. The molecule has 29 heavy (non-hydrogen) atoms. The molecule has 1 saturated heterocycles. The van der Waals surface area contributed by atoms with Crippen LogP contribution in [0, 0.1) is 5.82 Å². The number of rotatable bonds is 4. The van der Waals surface area contributed by atoms with Gasteiger partial charge in [0.25, 0.3) is 5.91 Å². The highest BCUT2D eigenvalue weighted by atomic mass is 19.1. The van der Waals surface area contributed by atoms with Crippen molar-refractivity contribution in [1.29, 1.82) is 0 Å². The number of fused-ring (bicyclic) bond motifs is 2. The molecular formula is C23H23FN2O3. The Morgan fingerprint density at radius 1 is 1.07 bits per heavy atom. The minimum Gasteiger partial charge on any atom is -0.487 e. The smallest absolute Gasteiger partial charge is 0.260 e. The Labute approximate surface area is 169 Å². The summed E-state index contributed by atoms with van der Waals surface area (Å²) in [6.07, 6.45) is 2.10. The van der Waals surface area contributed by atoms with Gasteiger partial charge in [-0.3, -0.25) is 9.69 Å². The minimum atomic E-state index is -0.368. The molecule has 5 nitrogen and oxygen atoms in total. The van der Waals surface area contributed by atoms with Crippen LogP contribution in [0.5, 0.6) is 0 Å². The average Bonchev–Trinajstić information content (AvgIpc) is 3.28. The van der Waals surface area contributed by atoms with Gasteiger partial charge in [0, 0.05) is 35.5 Å².